The second kappa shape index (κ2) is 12.1. The van der Waals surface area contributed by atoms with Gasteiger partial charge < -0.3 is 21.1 Å². The molecule has 1 atom stereocenters. The van der Waals surface area contributed by atoms with Crippen LogP contribution in [0.3, 0.4) is 0 Å². The molecular weight excluding hydrogens is 608 g/mol. The number of anilines is 3. The van der Waals surface area contributed by atoms with Crippen LogP contribution in [0.25, 0.3) is 27.8 Å². The molecule has 1 aliphatic rings. The van der Waals surface area contributed by atoms with Gasteiger partial charge in [-0.05, 0) is 69.2 Å². The maximum Gasteiger partial charge on any atom is 0.278 e. The summed E-state index contributed by atoms with van der Waals surface area (Å²) in [5.74, 6) is 0.274. The zero-order valence-corrected chi connectivity index (χ0v) is 26.7. The lowest BCUT2D eigenvalue weighted by Crippen LogP contribution is -2.36. The minimum Gasteiger partial charge on any atom is -0.384 e. The van der Waals surface area contributed by atoms with Crippen molar-refractivity contribution in [3.63, 3.8) is 0 Å². The van der Waals surface area contributed by atoms with Crippen molar-refractivity contribution in [2.45, 2.75) is 44.9 Å². The number of nitrogens with two attached hydrogens (primary N) is 1. The third-order valence-electron chi connectivity index (χ3n) is 8.63. The summed E-state index contributed by atoms with van der Waals surface area (Å²) in [6.45, 7) is 9.04. The molecule has 5 heterocycles. The number of nitrogens with zero attached hydrogens (tertiary/aromatic N) is 8. The Kier molecular flexibility index (Phi) is 7.76. The summed E-state index contributed by atoms with van der Waals surface area (Å²) in [5, 5.41) is 19.8. The summed E-state index contributed by atoms with van der Waals surface area (Å²) >= 11 is 0. The van der Waals surface area contributed by atoms with Crippen molar-refractivity contribution >= 4 is 45.2 Å². The van der Waals surface area contributed by atoms with Gasteiger partial charge in [0.1, 0.15) is 16.5 Å². The van der Waals surface area contributed by atoms with Gasteiger partial charge in [0.2, 0.25) is 5.95 Å². The minimum absolute atomic E-state index is 0.148. The predicted molar refractivity (Wildman–Crippen MR) is 185 cm³/mol. The van der Waals surface area contributed by atoms with E-state index in [1.54, 1.807) is 48.9 Å². The van der Waals surface area contributed by atoms with Crippen LogP contribution < -0.4 is 21.5 Å². The van der Waals surface area contributed by atoms with Crippen LogP contribution >= 0.6 is 0 Å². The Morgan fingerprint density at radius 1 is 1.12 bits per heavy atom. The highest BCUT2D eigenvalue weighted by atomic mass is 16.3. The molecule has 1 saturated heterocycles. The van der Waals surface area contributed by atoms with E-state index in [2.05, 4.69) is 38.9 Å². The molecule has 1 amide bonds. The van der Waals surface area contributed by atoms with Gasteiger partial charge in [-0.1, -0.05) is 24.3 Å². The van der Waals surface area contributed by atoms with E-state index in [4.69, 9.17) is 15.8 Å². The molecule has 244 valence electrons. The first-order chi connectivity index (χ1) is 23.1. The van der Waals surface area contributed by atoms with Gasteiger partial charge in [-0.25, -0.2) is 19.3 Å². The van der Waals surface area contributed by atoms with Crippen LogP contribution in [-0.2, 0) is 12.1 Å². The number of carbonyl (C=O) groups excluding carboxylic acids is 1. The normalized spacial score (nSPS) is 15.2. The Morgan fingerprint density at radius 3 is 2.67 bits per heavy atom. The summed E-state index contributed by atoms with van der Waals surface area (Å²) in [4.78, 5) is 41.4. The maximum absolute atomic E-state index is 13.3. The van der Waals surface area contributed by atoms with Crippen molar-refractivity contribution in [3.05, 3.63) is 107 Å². The van der Waals surface area contributed by atoms with Gasteiger partial charge in [-0.15, -0.1) is 6.58 Å². The fraction of sp³-hybridized carbons (Fsp3) is 0.257. The van der Waals surface area contributed by atoms with Gasteiger partial charge in [0.25, 0.3) is 11.5 Å². The van der Waals surface area contributed by atoms with Crippen LogP contribution in [-0.4, -0.2) is 58.2 Å². The number of benzene rings is 2. The van der Waals surface area contributed by atoms with Gasteiger partial charge in [0.15, 0.2) is 11.5 Å². The number of carbonyl (C=O) groups is 1. The lowest BCUT2D eigenvalue weighted by atomic mass is 10.0. The summed E-state index contributed by atoms with van der Waals surface area (Å²) < 4.78 is 5.09. The Bertz CT molecular complexity index is 2230. The number of hydrogen-bond donors (Lipinski definition) is 3. The fourth-order valence-corrected chi connectivity index (χ4v) is 6.23. The zero-order valence-electron chi connectivity index (χ0n) is 26.7. The molecule has 0 saturated carbocycles. The fourth-order valence-electron chi connectivity index (χ4n) is 6.23. The van der Waals surface area contributed by atoms with E-state index >= 15 is 0 Å². The highest BCUT2D eigenvalue weighted by molar-refractivity contribution is 6.04. The van der Waals surface area contributed by atoms with Crippen LogP contribution in [0.15, 0.2) is 90.5 Å². The van der Waals surface area contributed by atoms with Crippen LogP contribution in [0, 0.1) is 0 Å². The third kappa shape index (κ3) is 5.68. The Labute approximate surface area is 276 Å². The summed E-state index contributed by atoms with van der Waals surface area (Å²) in [6, 6.07) is 19.0. The van der Waals surface area contributed by atoms with Crippen LogP contribution in [0.5, 0.6) is 0 Å². The number of allylic oxidation sites excluding steroid dienone is 1. The summed E-state index contributed by atoms with van der Waals surface area (Å²) in [6.07, 6.45) is 7.11. The van der Waals surface area contributed by atoms with Gasteiger partial charge in [-0.3, -0.25) is 14.3 Å². The number of pyridine rings is 1. The predicted octanol–water partition coefficient (Wildman–Crippen LogP) is 4.42. The molecule has 0 radical (unpaired) electrons. The number of primary amides is 1. The zero-order chi connectivity index (χ0) is 33.6. The first kappa shape index (κ1) is 30.8. The SMILES string of the molecule is C=CCn1c(=O)c2cnc(Nc3ccc(N4CCCC(n5cc6cccc(C(N)=O)c6n5)C4)cc3)nc2n1-c1cccc(C(C)(C)O)n1. The average Bonchev–Trinajstić information content (AvgIpc) is 3.64. The van der Waals surface area contributed by atoms with Crippen molar-refractivity contribution in [3.8, 4) is 5.82 Å². The van der Waals surface area contributed by atoms with E-state index < -0.39 is 11.5 Å². The van der Waals surface area contributed by atoms with E-state index in [-0.39, 0.29) is 18.1 Å². The van der Waals surface area contributed by atoms with Gasteiger partial charge in [0.05, 0.1) is 23.8 Å². The molecule has 0 bridgehead atoms. The van der Waals surface area contributed by atoms with Gasteiger partial charge in [0, 0.05) is 42.2 Å². The van der Waals surface area contributed by atoms with E-state index in [1.165, 1.54) is 10.9 Å². The largest absolute Gasteiger partial charge is 0.384 e. The smallest absolute Gasteiger partial charge is 0.278 e. The Hall–Kier alpha value is -5.82. The molecule has 13 nitrogen and oxygen atoms in total. The number of rotatable bonds is 9. The number of piperidine rings is 1. The van der Waals surface area contributed by atoms with Crippen molar-refractivity contribution in [1.29, 1.82) is 0 Å². The molecular formula is C35H36N10O3. The number of nitrogens with one attached hydrogen (secondary N) is 1. The molecule has 4 N–H and O–H groups in total. The highest BCUT2D eigenvalue weighted by Crippen LogP contribution is 2.29. The standard InChI is InChI=1S/C35H36N10O3/c1-4-17-44-33(47)27-19-37-34(40-32(27)45(44)29-12-6-11-28(39-29)35(2,3)48)38-23-13-15-24(16-14-23)42-18-7-9-25(21-42)43-20-22-8-5-10-26(31(36)46)30(22)41-43/h4-6,8,10-16,19-20,25,48H,1,7,9,17-18,21H2,2-3H3,(H2,36,46)(H,37,38,40). The lowest BCUT2D eigenvalue weighted by Gasteiger charge is -2.34. The van der Waals surface area contributed by atoms with E-state index in [1.807, 2.05) is 35.1 Å². The second-order valence-electron chi connectivity index (χ2n) is 12.5. The number of amides is 1. The molecule has 4 aromatic heterocycles. The first-order valence-electron chi connectivity index (χ1n) is 15.8. The number of fused-ring (bicyclic) bond motifs is 2. The number of aliphatic hydroxyl groups is 1. The molecule has 48 heavy (non-hydrogen) atoms. The molecule has 0 spiro atoms. The topological polar surface area (TPSA) is 162 Å². The second-order valence-corrected chi connectivity index (χ2v) is 12.5. The molecule has 1 aliphatic heterocycles. The van der Waals surface area contributed by atoms with Crippen LogP contribution in [0.1, 0.15) is 48.8 Å². The molecule has 0 aliphatic carbocycles. The van der Waals surface area contributed by atoms with Gasteiger partial charge >= 0.3 is 0 Å². The molecule has 7 rings (SSSR count). The van der Waals surface area contributed by atoms with Crippen molar-refractivity contribution in [2.75, 3.05) is 23.3 Å². The van der Waals surface area contributed by atoms with E-state index in [9.17, 15) is 14.7 Å². The summed E-state index contributed by atoms with van der Waals surface area (Å²) in [7, 11) is 0. The van der Waals surface area contributed by atoms with Gasteiger partial charge in [-0.2, -0.15) is 10.1 Å². The molecule has 2 aromatic carbocycles. The minimum atomic E-state index is -1.17. The first-order valence-corrected chi connectivity index (χ1v) is 15.8. The van der Waals surface area contributed by atoms with E-state index in [0.29, 0.717) is 39.6 Å². The Balaban J connectivity index is 1.13. The number of aromatic nitrogens is 7. The van der Waals surface area contributed by atoms with Crippen molar-refractivity contribution < 1.29 is 9.90 Å². The molecule has 1 fully saturated rings. The molecule has 1 unspecified atom stereocenters. The quantitative estimate of drug-likeness (QED) is 0.193. The summed E-state index contributed by atoms with van der Waals surface area (Å²) in [5.41, 5.74) is 7.90. The van der Waals surface area contributed by atoms with E-state index in [0.717, 1.165) is 42.7 Å². The molecule has 6 aromatic rings. The lowest BCUT2D eigenvalue weighted by molar-refractivity contribution is 0.0737. The highest BCUT2D eigenvalue weighted by Gasteiger charge is 2.24. The van der Waals surface area contributed by atoms with Crippen LogP contribution in [0.2, 0.25) is 0 Å². The molecule has 13 heteroatoms. The van der Waals surface area contributed by atoms with Crippen LogP contribution in [0.4, 0.5) is 17.3 Å². The van der Waals surface area contributed by atoms with Crippen molar-refractivity contribution in [1.82, 2.24) is 34.1 Å². The third-order valence-corrected chi connectivity index (χ3v) is 8.63. The number of hydrogen-bond acceptors (Lipinski definition) is 9. The maximum atomic E-state index is 13.3. The average molecular weight is 645 g/mol. The Morgan fingerprint density at radius 2 is 1.92 bits per heavy atom. The van der Waals surface area contributed by atoms with Crippen molar-refractivity contribution in [2.24, 2.45) is 5.73 Å². The monoisotopic (exact) mass is 644 g/mol.